The lowest BCUT2D eigenvalue weighted by Crippen LogP contribution is -2.42. The van der Waals surface area contributed by atoms with Crippen molar-refractivity contribution in [2.24, 2.45) is 5.92 Å². The van der Waals surface area contributed by atoms with Crippen LogP contribution < -0.4 is 5.32 Å². The van der Waals surface area contributed by atoms with E-state index in [9.17, 15) is 0 Å². The standard InChI is InChI=1S/C13H25N3/c1-11(15-8-7-14-5)12-6-9-16(10-12)13(2,3)4/h11-12,15H,6-10H2,1-4H3/t11-,12+/m0/s1. The molecule has 1 saturated heterocycles. The predicted octanol–water partition coefficient (Wildman–Crippen LogP) is 2.00. The van der Waals surface area contributed by atoms with Crippen molar-refractivity contribution in [1.29, 1.82) is 0 Å². The Morgan fingerprint density at radius 1 is 1.50 bits per heavy atom. The van der Waals surface area contributed by atoms with E-state index >= 15 is 0 Å². The van der Waals surface area contributed by atoms with Gasteiger partial charge in [0.15, 0.2) is 0 Å². The zero-order valence-electron chi connectivity index (χ0n) is 11.1. The number of likely N-dealkylation sites (tertiary alicyclic amines) is 1. The van der Waals surface area contributed by atoms with Gasteiger partial charge in [0.2, 0.25) is 6.54 Å². The third-order valence-electron chi connectivity index (χ3n) is 3.57. The number of hydrogen-bond donors (Lipinski definition) is 1. The van der Waals surface area contributed by atoms with Gasteiger partial charge in [-0.05, 0) is 46.6 Å². The van der Waals surface area contributed by atoms with Gasteiger partial charge in [0.25, 0.3) is 0 Å². The van der Waals surface area contributed by atoms with Gasteiger partial charge in [0.05, 0.1) is 6.54 Å². The largest absolute Gasteiger partial charge is 0.316 e. The molecule has 1 rings (SSSR count). The van der Waals surface area contributed by atoms with E-state index in [1.807, 2.05) is 0 Å². The van der Waals surface area contributed by atoms with Crippen molar-refractivity contribution in [3.8, 4) is 0 Å². The minimum absolute atomic E-state index is 0.297. The number of rotatable bonds is 4. The maximum atomic E-state index is 6.75. The molecule has 1 fully saturated rings. The normalized spacial score (nSPS) is 24.3. The second-order valence-corrected chi connectivity index (χ2v) is 5.79. The van der Waals surface area contributed by atoms with Crippen molar-refractivity contribution in [3.05, 3.63) is 11.4 Å². The van der Waals surface area contributed by atoms with E-state index in [1.165, 1.54) is 19.5 Å². The molecule has 3 nitrogen and oxygen atoms in total. The first-order valence-electron chi connectivity index (χ1n) is 6.27. The predicted molar refractivity (Wildman–Crippen MR) is 68.4 cm³/mol. The molecule has 1 aliphatic rings. The Bertz CT molecular complexity index is 249. The zero-order valence-corrected chi connectivity index (χ0v) is 11.1. The summed E-state index contributed by atoms with van der Waals surface area (Å²) in [6.07, 6.45) is 1.28. The summed E-state index contributed by atoms with van der Waals surface area (Å²) < 4.78 is 0. The third-order valence-corrected chi connectivity index (χ3v) is 3.57. The highest BCUT2D eigenvalue weighted by Crippen LogP contribution is 2.26. The fourth-order valence-corrected chi connectivity index (χ4v) is 2.32. The van der Waals surface area contributed by atoms with Crippen LogP contribution in [0.5, 0.6) is 0 Å². The van der Waals surface area contributed by atoms with Crippen molar-refractivity contribution in [2.45, 2.75) is 45.7 Å². The Balaban J connectivity index is 2.33. The van der Waals surface area contributed by atoms with Crippen LogP contribution in [0, 0.1) is 12.5 Å². The topological polar surface area (TPSA) is 19.6 Å². The lowest BCUT2D eigenvalue weighted by molar-refractivity contribution is 0.164. The zero-order chi connectivity index (χ0) is 12.2. The van der Waals surface area contributed by atoms with E-state index in [0.717, 1.165) is 12.5 Å². The molecule has 0 unspecified atom stereocenters. The maximum absolute atomic E-state index is 6.75. The molecule has 0 radical (unpaired) electrons. The highest BCUT2D eigenvalue weighted by Gasteiger charge is 2.32. The van der Waals surface area contributed by atoms with Gasteiger partial charge in [-0.2, -0.15) is 0 Å². The molecule has 92 valence electrons. The Morgan fingerprint density at radius 3 is 2.69 bits per heavy atom. The SMILES string of the molecule is [C-]#[N+]CCN[C@@H](C)[C@@H]1CCN(C(C)(C)C)C1. The summed E-state index contributed by atoms with van der Waals surface area (Å²) in [5.74, 6) is 0.741. The van der Waals surface area contributed by atoms with Crippen LogP contribution in [0.2, 0.25) is 0 Å². The van der Waals surface area contributed by atoms with E-state index in [0.29, 0.717) is 18.1 Å². The van der Waals surface area contributed by atoms with Crippen LogP contribution in [0.25, 0.3) is 4.85 Å². The molecule has 16 heavy (non-hydrogen) atoms. The van der Waals surface area contributed by atoms with Crippen LogP contribution in [0.3, 0.4) is 0 Å². The number of nitrogens with zero attached hydrogens (tertiary/aromatic N) is 2. The fraction of sp³-hybridized carbons (Fsp3) is 0.923. The summed E-state index contributed by atoms with van der Waals surface area (Å²) in [6.45, 7) is 19.7. The van der Waals surface area contributed by atoms with Crippen molar-refractivity contribution in [1.82, 2.24) is 10.2 Å². The average Bonchev–Trinajstić information content (AvgIpc) is 2.66. The Kier molecular flexibility index (Phi) is 4.76. The van der Waals surface area contributed by atoms with Gasteiger partial charge in [-0.3, -0.25) is 4.90 Å². The van der Waals surface area contributed by atoms with Crippen LogP contribution in [0.15, 0.2) is 0 Å². The second-order valence-electron chi connectivity index (χ2n) is 5.79. The van der Waals surface area contributed by atoms with Crippen LogP contribution in [-0.2, 0) is 0 Å². The third kappa shape index (κ3) is 3.77. The molecule has 1 aliphatic heterocycles. The highest BCUT2D eigenvalue weighted by atomic mass is 15.2. The molecule has 2 atom stereocenters. The second kappa shape index (κ2) is 5.65. The smallest absolute Gasteiger partial charge is 0.226 e. The highest BCUT2D eigenvalue weighted by molar-refractivity contribution is 4.88. The molecule has 0 saturated carbocycles. The molecule has 0 bridgehead atoms. The molecule has 0 aromatic carbocycles. The van der Waals surface area contributed by atoms with Crippen LogP contribution in [0.1, 0.15) is 34.1 Å². The number of hydrogen-bond acceptors (Lipinski definition) is 2. The maximum Gasteiger partial charge on any atom is 0.226 e. The Labute approximate surface area is 100 Å². The minimum atomic E-state index is 0.297. The number of nitrogens with one attached hydrogen (secondary N) is 1. The molecule has 0 spiro atoms. The lowest BCUT2D eigenvalue weighted by atomic mass is 10.0. The molecule has 0 aromatic heterocycles. The molecule has 0 amide bonds. The summed E-state index contributed by atoms with van der Waals surface area (Å²) in [5.41, 5.74) is 0.297. The Hall–Kier alpha value is -0.590. The molecule has 0 aromatic rings. The van der Waals surface area contributed by atoms with Gasteiger partial charge in [-0.15, -0.1) is 0 Å². The molecule has 0 aliphatic carbocycles. The van der Waals surface area contributed by atoms with Crippen molar-refractivity contribution < 1.29 is 0 Å². The van der Waals surface area contributed by atoms with Crippen molar-refractivity contribution >= 4 is 0 Å². The quantitative estimate of drug-likeness (QED) is 0.581. The van der Waals surface area contributed by atoms with Crippen LogP contribution in [-0.4, -0.2) is 42.7 Å². The van der Waals surface area contributed by atoms with E-state index in [2.05, 4.69) is 42.8 Å². The van der Waals surface area contributed by atoms with E-state index in [-0.39, 0.29) is 0 Å². The summed E-state index contributed by atoms with van der Waals surface area (Å²) in [5, 5.41) is 3.46. The lowest BCUT2D eigenvalue weighted by Gasteiger charge is -2.32. The Morgan fingerprint density at radius 2 is 2.19 bits per heavy atom. The fourth-order valence-electron chi connectivity index (χ4n) is 2.32. The summed E-state index contributed by atoms with van der Waals surface area (Å²) in [7, 11) is 0. The van der Waals surface area contributed by atoms with Gasteiger partial charge in [-0.25, -0.2) is 6.57 Å². The summed E-state index contributed by atoms with van der Waals surface area (Å²) in [6, 6.07) is 0.536. The molecule has 1 heterocycles. The van der Waals surface area contributed by atoms with Gasteiger partial charge in [0, 0.05) is 18.1 Å². The molecular weight excluding hydrogens is 198 g/mol. The first kappa shape index (κ1) is 13.5. The van der Waals surface area contributed by atoms with Crippen LogP contribution >= 0.6 is 0 Å². The van der Waals surface area contributed by atoms with Gasteiger partial charge in [0.1, 0.15) is 0 Å². The van der Waals surface area contributed by atoms with Crippen molar-refractivity contribution in [3.63, 3.8) is 0 Å². The summed E-state index contributed by atoms with van der Waals surface area (Å²) in [4.78, 5) is 5.93. The van der Waals surface area contributed by atoms with Crippen LogP contribution in [0.4, 0.5) is 0 Å². The monoisotopic (exact) mass is 223 g/mol. The molecule has 1 N–H and O–H groups in total. The summed E-state index contributed by atoms with van der Waals surface area (Å²) >= 11 is 0. The van der Waals surface area contributed by atoms with Gasteiger partial charge in [-0.1, -0.05) is 0 Å². The van der Waals surface area contributed by atoms with E-state index < -0.39 is 0 Å². The van der Waals surface area contributed by atoms with Crippen molar-refractivity contribution in [2.75, 3.05) is 26.2 Å². The van der Waals surface area contributed by atoms with E-state index in [1.54, 1.807) is 0 Å². The molecular formula is C13H25N3. The van der Waals surface area contributed by atoms with Gasteiger partial charge >= 0.3 is 0 Å². The average molecular weight is 223 g/mol. The van der Waals surface area contributed by atoms with Gasteiger partial charge < -0.3 is 10.2 Å². The minimum Gasteiger partial charge on any atom is -0.316 e. The van der Waals surface area contributed by atoms with E-state index in [4.69, 9.17) is 6.57 Å². The first-order chi connectivity index (χ1) is 7.45. The molecule has 3 heteroatoms. The first-order valence-corrected chi connectivity index (χ1v) is 6.27.